The Labute approximate surface area is 121 Å². The number of piperidine rings is 1. The summed E-state index contributed by atoms with van der Waals surface area (Å²) in [4.78, 5) is 6.71. The molecule has 2 rings (SSSR count). The summed E-state index contributed by atoms with van der Waals surface area (Å²) in [7, 11) is 0. The zero-order valence-corrected chi connectivity index (χ0v) is 12.5. The van der Waals surface area contributed by atoms with Crippen LogP contribution in [0.4, 0.5) is 0 Å². The van der Waals surface area contributed by atoms with Crippen LogP contribution in [0.25, 0.3) is 0 Å². The smallest absolute Gasteiger partial charge is 0.191 e. The third-order valence-electron chi connectivity index (χ3n) is 3.61. The lowest BCUT2D eigenvalue weighted by molar-refractivity contribution is 0.270. The van der Waals surface area contributed by atoms with Crippen LogP contribution in [0.15, 0.2) is 29.3 Å². The third kappa shape index (κ3) is 4.15. The number of rotatable bonds is 4. The number of ether oxygens (including phenoxy) is 1. The minimum atomic E-state index is 0.609. The number of hydrogen-bond donors (Lipinski definition) is 1. The molecule has 0 saturated carbocycles. The maximum absolute atomic E-state index is 6.10. The van der Waals surface area contributed by atoms with Crippen molar-refractivity contribution in [2.45, 2.75) is 33.2 Å². The molecule has 1 unspecified atom stereocenters. The van der Waals surface area contributed by atoms with Gasteiger partial charge in [-0.3, -0.25) is 0 Å². The molecule has 1 heterocycles. The van der Waals surface area contributed by atoms with Gasteiger partial charge in [-0.25, -0.2) is 4.99 Å². The van der Waals surface area contributed by atoms with E-state index in [1.165, 1.54) is 12.8 Å². The van der Waals surface area contributed by atoms with Crippen LogP contribution in [-0.4, -0.2) is 30.6 Å². The van der Waals surface area contributed by atoms with Gasteiger partial charge in [0.1, 0.15) is 5.75 Å². The SMILES string of the molecule is CCOc1cccc(CN=C(N)N2CCCC(C)C2)c1. The fourth-order valence-electron chi connectivity index (χ4n) is 2.57. The van der Waals surface area contributed by atoms with Crippen molar-refractivity contribution < 1.29 is 4.74 Å². The highest BCUT2D eigenvalue weighted by atomic mass is 16.5. The van der Waals surface area contributed by atoms with E-state index >= 15 is 0 Å². The Morgan fingerprint density at radius 2 is 2.35 bits per heavy atom. The number of benzene rings is 1. The molecule has 1 atom stereocenters. The molecular formula is C16H25N3O. The summed E-state index contributed by atoms with van der Waals surface area (Å²) < 4.78 is 5.49. The number of nitrogens with zero attached hydrogens (tertiary/aromatic N) is 2. The highest BCUT2D eigenvalue weighted by Crippen LogP contribution is 2.16. The van der Waals surface area contributed by atoms with Gasteiger partial charge in [0.25, 0.3) is 0 Å². The summed E-state index contributed by atoms with van der Waals surface area (Å²) in [6.07, 6.45) is 2.50. The molecule has 110 valence electrons. The van der Waals surface area contributed by atoms with Crippen LogP contribution in [0.3, 0.4) is 0 Å². The molecular weight excluding hydrogens is 250 g/mol. The molecule has 0 radical (unpaired) electrons. The molecule has 4 nitrogen and oxygen atoms in total. The van der Waals surface area contributed by atoms with Gasteiger partial charge in [-0.2, -0.15) is 0 Å². The Bertz CT molecular complexity index is 459. The Kier molecular flexibility index (Phi) is 5.27. The number of likely N-dealkylation sites (tertiary alicyclic amines) is 1. The highest BCUT2D eigenvalue weighted by Gasteiger charge is 2.17. The summed E-state index contributed by atoms with van der Waals surface area (Å²) >= 11 is 0. The first kappa shape index (κ1) is 14.7. The zero-order valence-electron chi connectivity index (χ0n) is 12.5. The zero-order chi connectivity index (χ0) is 14.4. The van der Waals surface area contributed by atoms with Crippen molar-refractivity contribution in [1.82, 2.24) is 4.90 Å². The van der Waals surface area contributed by atoms with Gasteiger partial charge in [0, 0.05) is 13.1 Å². The second kappa shape index (κ2) is 7.17. The molecule has 1 aliphatic heterocycles. The van der Waals surface area contributed by atoms with Crippen LogP contribution in [0.5, 0.6) is 5.75 Å². The minimum absolute atomic E-state index is 0.609. The van der Waals surface area contributed by atoms with Gasteiger partial charge in [-0.05, 0) is 43.4 Å². The molecule has 0 bridgehead atoms. The van der Waals surface area contributed by atoms with E-state index in [0.29, 0.717) is 25.0 Å². The third-order valence-corrected chi connectivity index (χ3v) is 3.61. The maximum atomic E-state index is 6.10. The largest absolute Gasteiger partial charge is 0.494 e. The first-order valence-electron chi connectivity index (χ1n) is 7.45. The monoisotopic (exact) mass is 275 g/mol. The normalized spacial score (nSPS) is 20.0. The second-order valence-corrected chi connectivity index (χ2v) is 5.45. The van der Waals surface area contributed by atoms with Gasteiger partial charge >= 0.3 is 0 Å². The Balaban J connectivity index is 1.95. The van der Waals surface area contributed by atoms with E-state index in [9.17, 15) is 0 Å². The molecule has 0 aromatic heterocycles. The molecule has 4 heteroatoms. The van der Waals surface area contributed by atoms with Crippen molar-refractivity contribution >= 4 is 5.96 Å². The maximum Gasteiger partial charge on any atom is 0.191 e. The van der Waals surface area contributed by atoms with E-state index in [1.54, 1.807) is 0 Å². The molecule has 1 saturated heterocycles. The topological polar surface area (TPSA) is 50.9 Å². The predicted molar refractivity (Wildman–Crippen MR) is 82.9 cm³/mol. The lowest BCUT2D eigenvalue weighted by Crippen LogP contribution is -2.43. The van der Waals surface area contributed by atoms with Crippen LogP contribution >= 0.6 is 0 Å². The highest BCUT2D eigenvalue weighted by molar-refractivity contribution is 5.78. The lowest BCUT2D eigenvalue weighted by Gasteiger charge is -2.31. The summed E-state index contributed by atoms with van der Waals surface area (Å²) in [6.45, 7) is 7.59. The van der Waals surface area contributed by atoms with Gasteiger partial charge in [-0.15, -0.1) is 0 Å². The van der Waals surface area contributed by atoms with Crippen LogP contribution < -0.4 is 10.5 Å². The summed E-state index contributed by atoms with van der Waals surface area (Å²) in [5, 5.41) is 0. The van der Waals surface area contributed by atoms with Crippen molar-refractivity contribution in [2.75, 3.05) is 19.7 Å². The van der Waals surface area contributed by atoms with E-state index in [1.807, 2.05) is 25.1 Å². The number of hydrogen-bond acceptors (Lipinski definition) is 2. The van der Waals surface area contributed by atoms with Crippen LogP contribution in [0.1, 0.15) is 32.3 Å². The van der Waals surface area contributed by atoms with Crippen molar-refractivity contribution in [2.24, 2.45) is 16.6 Å². The van der Waals surface area contributed by atoms with Crippen molar-refractivity contribution in [3.05, 3.63) is 29.8 Å². The average Bonchev–Trinajstić information content (AvgIpc) is 2.45. The second-order valence-electron chi connectivity index (χ2n) is 5.45. The van der Waals surface area contributed by atoms with E-state index in [4.69, 9.17) is 10.5 Å². The standard InChI is InChI=1S/C16H25N3O/c1-3-20-15-8-4-7-14(10-15)11-18-16(17)19-9-5-6-13(2)12-19/h4,7-8,10,13H,3,5-6,9,11-12H2,1-2H3,(H2,17,18). The van der Waals surface area contributed by atoms with Crippen LogP contribution in [-0.2, 0) is 6.54 Å². The first-order valence-corrected chi connectivity index (χ1v) is 7.45. The molecule has 1 fully saturated rings. The van der Waals surface area contributed by atoms with Gasteiger partial charge in [0.2, 0.25) is 0 Å². The summed E-state index contributed by atoms with van der Waals surface area (Å²) in [5.41, 5.74) is 7.23. The van der Waals surface area contributed by atoms with E-state index in [-0.39, 0.29) is 0 Å². The van der Waals surface area contributed by atoms with Gasteiger partial charge in [0.05, 0.1) is 13.2 Å². The van der Waals surface area contributed by atoms with Crippen molar-refractivity contribution in [3.8, 4) is 5.75 Å². The summed E-state index contributed by atoms with van der Waals surface area (Å²) in [5.74, 6) is 2.27. The van der Waals surface area contributed by atoms with E-state index in [0.717, 1.165) is 24.4 Å². The Morgan fingerprint density at radius 1 is 1.50 bits per heavy atom. The quantitative estimate of drug-likeness (QED) is 0.679. The number of guanidine groups is 1. The molecule has 0 aliphatic carbocycles. The number of aliphatic imine (C=N–C) groups is 1. The molecule has 0 spiro atoms. The van der Waals surface area contributed by atoms with E-state index in [2.05, 4.69) is 22.9 Å². The predicted octanol–water partition coefficient (Wildman–Crippen LogP) is 2.63. The molecule has 2 N–H and O–H groups in total. The molecule has 1 aromatic rings. The molecule has 1 aromatic carbocycles. The molecule has 1 aliphatic rings. The fraction of sp³-hybridized carbons (Fsp3) is 0.562. The van der Waals surface area contributed by atoms with Crippen LogP contribution in [0, 0.1) is 5.92 Å². The van der Waals surface area contributed by atoms with Crippen molar-refractivity contribution in [3.63, 3.8) is 0 Å². The summed E-state index contributed by atoms with van der Waals surface area (Å²) in [6, 6.07) is 8.04. The van der Waals surface area contributed by atoms with Gasteiger partial charge in [0.15, 0.2) is 5.96 Å². The van der Waals surface area contributed by atoms with Gasteiger partial charge in [-0.1, -0.05) is 19.1 Å². The average molecular weight is 275 g/mol. The minimum Gasteiger partial charge on any atom is -0.494 e. The van der Waals surface area contributed by atoms with Gasteiger partial charge < -0.3 is 15.4 Å². The molecule has 0 amide bonds. The van der Waals surface area contributed by atoms with Crippen molar-refractivity contribution in [1.29, 1.82) is 0 Å². The Morgan fingerprint density at radius 3 is 3.10 bits per heavy atom. The molecule has 20 heavy (non-hydrogen) atoms. The number of nitrogens with two attached hydrogens (primary N) is 1. The Hall–Kier alpha value is -1.71. The van der Waals surface area contributed by atoms with Crippen LogP contribution in [0.2, 0.25) is 0 Å². The first-order chi connectivity index (χ1) is 9.69. The van der Waals surface area contributed by atoms with E-state index < -0.39 is 0 Å². The lowest BCUT2D eigenvalue weighted by atomic mass is 10.0. The fourth-order valence-corrected chi connectivity index (χ4v) is 2.57.